The van der Waals surface area contributed by atoms with Crippen LogP contribution in [0.15, 0.2) is 79.3 Å². The number of aryl methyl sites for hydroxylation is 1. The lowest BCUT2D eigenvalue weighted by Crippen LogP contribution is -1.86. The molecule has 0 aliphatic carbocycles. The van der Waals surface area contributed by atoms with E-state index in [0.717, 1.165) is 55.8 Å². The molecule has 0 aliphatic heterocycles. The summed E-state index contributed by atoms with van der Waals surface area (Å²) in [5, 5.41) is 8.72. The van der Waals surface area contributed by atoms with Crippen LogP contribution in [-0.2, 0) is 0 Å². The molecule has 0 saturated heterocycles. The first-order valence-electron chi connectivity index (χ1n) is 10.1. The van der Waals surface area contributed by atoms with Gasteiger partial charge in [0.2, 0.25) is 0 Å². The number of nitrogens with zero attached hydrogens (tertiary/aromatic N) is 4. The molecule has 0 unspecified atom stereocenters. The Balaban J connectivity index is 1.52. The molecule has 148 valence electrons. The second kappa shape index (κ2) is 6.88. The van der Waals surface area contributed by atoms with E-state index in [-0.39, 0.29) is 0 Å². The van der Waals surface area contributed by atoms with Crippen molar-refractivity contribution in [1.29, 1.82) is 0 Å². The van der Waals surface area contributed by atoms with Crippen LogP contribution in [0.3, 0.4) is 0 Å². The predicted octanol–water partition coefficient (Wildman–Crippen LogP) is 5.54. The average Bonchev–Trinajstić information content (AvgIpc) is 3.43. The number of nitrogens with one attached hydrogen (secondary N) is 2. The van der Waals surface area contributed by atoms with Gasteiger partial charge in [-0.15, -0.1) is 0 Å². The molecule has 0 amide bonds. The van der Waals surface area contributed by atoms with Gasteiger partial charge in [0.1, 0.15) is 5.69 Å². The number of H-pyrrole nitrogens is 2. The average molecular weight is 402 g/mol. The fourth-order valence-electron chi connectivity index (χ4n) is 4.00. The van der Waals surface area contributed by atoms with Crippen LogP contribution in [0, 0.1) is 6.92 Å². The Kier molecular flexibility index (Phi) is 3.89. The Bertz CT molecular complexity index is 1550. The van der Waals surface area contributed by atoms with Crippen molar-refractivity contribution in [2.24, 2.45) is 0 Å². The van der Waals surface area contributed by atoms with Crippen molar-refractivity contribution in [3.63, 3.8) is 0 Å². The fraction of sp³-hybridized carbons (Fsp3) is 0.0400. The summed E-state index contributed by atoms with van der Waals surface area (Å²) in [6.45, 7) is 2.09. The molecule has 4 heterocycles. The number of para-hydroxylation sites is 1. The lowest BCUT2D eigenvalue weighted by molar-refractivity contribution is 1.11. The maximum Gasteiger partial charge on any atom is 0.159 e. The summed E-state index contributed by atoms with van der Waals surface area (Å²) in [5.74, 6) is 0.727. The topological polar surface area (TPSA) is 83.1 Å². The monoisotopic (exact) mass is 402 g/mol. The zero-order valence-corrected chi connectivity index (χ0v) is 16.8. The second-order valence-corrected chi connectivity index (χ2v) is 7.53. The van der Waals surface area contributed by atoms with Gasteiger partial charge in [-0.1, -0.05) is 24.3 Å². The Morgan fingerprint density at radius 1 is 0.839 bits per heavy atom. The van der Waals surface area contributed by atoms with Crippen LogP contribution in [0.4, 0.5) is 0 Å². The quantitative estimate of drug-likeness (QED) is 0.407. The van der Waals surface area contributed by atoms with Crippen LogP contribution >= 0.6 is 0 Å². The smallest absolute Gasteiger partial charge is 0.159 e. The van der Waals surface area contributed by atoms with Crippen LogP contribution in [0.25, 0.3) is 55.8 Å². The molecule has 0 atom stereocenters. The first-order chi connectivity index (χ1) is 15.3. The Morgan fingerprint density at radius 3 is 2.68 bits per heavy atom. The number of aromatic nitrogens is 6. The zero-order chi connectivity index (χ0) is 20.8. The first kappa shape index (κ1) is 17.5. The normalized spacial score (nSPS) is 11.4. The van der Waals surface area contributed by atoms with E-state index in [1.54, 1.807) is 6.20 Å². The van der Waals surface area contributed by atoms with E-state index in [2.05, 4.69) is 50.3 Å². The SMILES string of the molecule is Cc1ccncc1-c1ccc2[nH]nc(-c3nc4c(-c5ccccn5)cccc4[nH]3)c2c1. The first-order valence-corrected chi connectivity index (χ1v) is 10.1. The van der Waals surface area contributed by atoms with Gasteiger partial charge in [-0.3, -0.25) is 15.1 Å². The molecule has 31 heavy (non-hydrogen) atoms. The molecule has 0 saturated carbocycles. The molecule has 6 heteroatoms. The van der Waals surface area contributed by atoms with Crippen molar-refractivity contribution in [2.45, 2.75) is 6.92 Å². The number of aromatic amines is 2. The van der Waals surface area contributed by atoms with Gasteiger partial charge < -0.3 is 4.98 Å². The van der Waals surface area contributed by atoms with E-state index >= 15 is 0 Å². The van der Waals surface area contributed by atoms with Crippen molar-refractivity contribution in [3.05, 3.63) is 84.8 Å². The van der Waals surface area contributed by atoms with Crippen LogP contribution in [0.2, 0.25) is 0 Å². The predicted molar refractivity (Wildman–Crippen MR) is 122 cm³/mol. The van der Waals surface area contributed by atoms with Gasteiger partial charge in [-0.05, 0) is 54.4 Å². The molecule has 6 rings (SSSR count). The number of hydrogen-bond donors (Lipinski definition) is 2. The summed E-state index contributed by atoms with van der Waals surface area (Å²) in [5.41, 5.74) is 8.87. The minimum Gasteiger partial charge on any atom is -0.337 e. The van der Waals surface area contributed by atoms with Gasteiger partial charge in [0.05, 0.1) is 22.2 Å². The summed E-state index contributed by atoms with van der Waals surface area (Å²) in [7, 11) is 0. The molecule has 2 N–H and O–H groups in total. The molecule has 6 nitrogen and oxygen atoms in total. The molecular weight excluding hydrogens is 384 g/mol. The van der Waals surface area contributed by atoms with Crippen molar-refractivity contribution < 1.29 is 0 Å². The Morgan fingerprint density at radius 2 is 1.81 bits per heavy atom. The number of imidazole rings is 1. The number of benzene rings is 2. The Labute approximate surface area is 178 Å². The number of rotatable bonds is 3. The minimum absolute atomic E-state index is 0.727. The van der Waals surface area contributed by atoms with Crippen LogP contribution in [-0.4, -0.2) is 30.1 Å². The fourth-order valence-corrected chi connectivity index (χ4v) is 4.00. The minimum atomic E-state index is 0.727. The van der Waals surface area contributed by atoms with E-state index in [1.165, 1.54) is 5.56 Å². The maximum absolute atomic E-state index is 4.91. The highest BCUT2D eigenvalue weighted by molar-refractivity contribution is 5.98. The highest BCUT2D eigenvalue weighted by Gasteiger charge is 2.16. The van der Waals surface area contributed by atoms with Gasteiger partial charge >= 0.3 is 0 Å². The van der Waals surface area contributed by atoms with E-state index in [4.69, 9.17) is 4.98 Å². The van der Waals surface area contributed by atoms with E-state index in [9.17, 15) is 0 Å². The zero-order valence-electron chi connectivity index (χ0n) is 16.8. The van der Waals surface area contributed by atoms with Crippen LogP contribution in [0.5, 0.6) is 0 Å². The third kappa shape index (κ3) is 2.88. The molecule has 0 spiro atoms. The van der Waals surface area contributed by atoms with E-state index < -0.39 is 0 Å². The van der Waals surface area contributed by atoms with Crippen molar-refractivity contribution in [2.75, 3.05) is 0 Å². The molecular formula is C25H18N6. The lowest BCUT2D eigenvalue weighted by atomic mass is 10.0. The summed E-state index contributed by atoms with van der Waals surface area (Å²) in [6.07, 6.45) is 5.51. The molecule has 0 bridgehead atoms. The summed E-state index contributed by atoms with van der Waals surface area (Å²) >= 11 is 0. The number of hydrogen-bond acceptors (Lipinski definition) is 4. The molecule has 0 aliphatic rings. The molecule has 0 fully saturated rings. The van der Waals surface area contributed by atoms with E-state index in [1.807, 2.05) is 54.9 Å². The summed E-state index contributed by atoms with van der Waals surface area (Å²) < 4.78 is 0. The molecule has 2 aromatic carbocycles. The van der Waals surface area contributed by atoms with Crippen LogP contribution < -0.4 is 0 Å². The molecule has 4 aromatic heterocycles. The van der Waals surface area contributed by atoms with Crippen LogP contribution in [0.1, 0.15) is 5.56 Å². The summed E-state index contributed by atoms with van der Waals surface area (Å²) in [6, 6.07) is 20.3. The third-order valence-electron chi connectivity index (χ3n) is 5.59. The lowest BCUT2D eigenvalue weighted by Gasteiger charge is -2.05. The number of pyridine rings is 2. The van der Waals surface area contributed by atoms with Crippen molar-refractivity contribution >= 4 is 21.9 Å². The Hall–Kier alpha value is -4.32. The third-order valence-corrected chi connectivity index (χ3v) is 5.59. The van der Waals surface area contributed by atoms with Gasteiger partial charge in [0.15, 0.2) is 5.82 Å². The van der Waals surface area contributed by atoms with Gasteiger partial charge in [-0.25, -0.2) is 4.98 Å². The van der Waals surface area contributed by atoms with E-state index in [0.29, 0.717) is 0 Å². The number of fused-ring (bicyclic) bond motifs is 2. The van der Waals surface area contributed by atoms with Crippen molar-refractivity contribution in [1.82, 2.24) is 30.1 Å². The molecule has 0 radical (unpaired) electrons. The second-order valence-electron chi connectivity index (χ2n) is 7.53. The van der Waals surface area contributed by atoms with Gasteiger partial charge in [0, 0.05) is 35.1 Å². The standard InChI is InChI=1S/C25H18N6/c1-15-10-12-26-14-19(15)16-8-9-21-18(13-16)24(31-30-21)25-28-22-7-4-5-17(23(22)29-25)20-6-2-3-11-27-20/h2-14H,1H3,(H,28,29)(H,30,31). The van der Waals surface area contributed by atoms with Crippen molar-refractivity contribution in [3.8, 4) is 33.9 Å². The summed E-state index contributed by atoms with van der Waals surface area (Å²) in [4.78, 5) is 17.1. The molecule has 6 aromatic rings. The van der Waals surface area contributed by atoms with Gasteiger partial charge in [-0.2, -0.15) is 5.10 Å². The maximum atomic E-state index is 4.91. The largest absolute Gasteiger partial charge is 0.337 e. The highest BCUT2D eigenvalue weighted by atomic mass is 15.1. The highest BCUT2D eigenvalue weighted by Crippen LogP contribution is 2.33. The van der Waals surface area contributed by atoms with Gasteiger partial charge in [0.25, 0.3) is 0 Å².